The van der Waals surface area contributed by atoms with E-state index in [0.717, 1.165) is 16.8 Å². The van der Waals surface area contributed by atoms with Gasteiger partial charge in [0.15, 0.2) is 6.10 Å². The van der Waals surface area contributed by atoms with E-state index in [2.05, 4.69) is 24.5 Å². The Morgan fingerprint density at radius 1 is 1.10 bits per heavy atom. The van der Waals surface area contributed by atoms with Gasteiger partial charge in [-0.05, 0) is 58.1 Å². The number of anilines is 1. The maximum atomic E-state index is 12.5. The van der Waals surface area contributed by atoms with Gasteiger partial charge in [-0.1, -0.05) is 32.0 Å². The number of para-hydroxylation sites is 1. The molecule has 0 aliphatic carbocycles. The molecule has 0 bridgehead atoms. The van der Waals surface area contributed by atoms with Crippen molar-refractivity contribution in [1.29, 1.82) is 0 Å². The van der Waals surface area contributed by atoms with Crippen LogP contribution in [0.1, 0.15) is 71.4 Å². The third-order valence-electron chi connectivity index (χ3n) is 4.08. The molecule has 0 aliphatic heterocycles. The SMILES string of the molecule is Cc1cccc(C(C)C)c1NC(=O)[C@H](C)OC(=O)CCCNC(=O)OC(C)(C)C. The van der Waals surface area contributed by atoms with Crippen LogP contribution >= 0.6 is 0 Å². The Bertz CT molecular complexity index is 722. The zero-order valence-corrected chi connectivity index (χ0v) is 18.5. The molecular formula is C22H34N2O5. The fraction of sp³-hybridized carbons (Fsp3) is 0.591. The molecule has 1 atom stereocenters. The molecule has 0 spiro atoms. The van der Waals surface area contributed by atoms with Crippen molar-refractivity contribution in [3.63, 3.8) is 0 Å². The highest BCUT2D eigenvalue weighted by atomic mass is 16.6. The van der Waals surface area contributed by atoms with Crippen LogP contribution in [0.2, 0.25) is 0 Å². The predicted octanol–water partition coefficient (Wildman–Crippen LogP) is 4.29. The van der Waals surface area contributed by atoms with Crippen LogP contribution in [0.3, 0.4) is 0 Å². The van der Waals surface area contributed by atoms with Crippen molar-refractivity contribution in [2.24, 2.45) is 0 Å². The highest BCUT2D eigenvalue weighted by molar-refractivity contribution is 5.96. The molecule has 0 aliphatic rings. The number of aryl methyl sites for hydroxylation is 1. The summed E-state index contributed by atoms with van der Waals surface area (Å²) >= 11 is 0. The third-order valence-corrected chi connectivity index (χ3v) is 4.08. The zero-order valence-electron chi connectivity index (χ0n) is 18.5. The van der Waals surface area contributed by atoms with Gasteiger partial charge < -0.3 is 20.1 Å². The van der Waals surface area contributed by atoms with Gasteiger partial charge in [0, 0.05) is 18.7 Å². The van der Waals surface area contributed by atoms with E-state index < -0.39 is 23.8 Å². The Balaban J connectivity index is 2.46. The van der Waals surface area contributed by atoms with Gasteiger partial charge in [-0.15, -0.1) is 0 Å². The summed E-state index contributed by atoms with van der Waals surface area (Å²) in [5.41, 5.74) is 2.18. The average Bonchev–Trinajstić information content (AvgIpc) is 2.58. The molecule has 1 aromatic carbocycles. The maximum Gasteiger partial charge on any atom is 0.407 e. The summed E-state index contributed by atoms with van der Waals surface area (Å²) in [7, 11) is 0. The summed E-state index contributed by atoms with van der Waals surface area (Å²) in [6.45, 7) is 13.2. The number of hydrogen-bond acceptors (Lipinski definition) is 5. The minimum atomic E-state index is -0.916. The predicted molar refractivity (Wildman–Crippen MR) is 113 cm³/mol. The molecule has 29 heavy (non-hydrogen) atoms. The number of carbonyl (C=O) groups excluding carboxylic acids is 3. The topological polar surface area (TPSA) is 93.7 Å². The Morgan fingerprint density at radius 3 is 2.34 bits per heavy atom. The minimum absolute atomic E-state index is 0.0923. The van der Waals surface area contributed by atoms with Gasteiger partial charge in [0.2, 0.25) is 0 Å². The van der Waals surface area contributed by atoms with Crippen LogP contribution in [-0.4, -0.2) is 36.2 Å². The highest BCUT2D eigenvalue weighted by Crippen LogP contribution is 2.27. The van der Waals surface area contributed by atoms with E-state index in [4.69, 9.17) is 9.47 Å². The molecule has 1 aromatic rings. The van der Waals surface area contributed by atoms with Crippen LogP contribution in [0.4, 0.5) is 10.5 Å². The molecule has 0 aromatic heterocycles. The molecule has 0 heterocycles. The standard InChI is InChI=1S/C22H34N2O5/c1-14(2)17-11-8-10-15(3)19(17)24-20(26)16(4)28-18(25)12-9-13-23-21(27)29-22(5,6)7/h8,10-11,14,16H,9,12-13H2,1-7H3,(H,23,27)(H,24,26)/t16-/m0/s1. The lowest BCUT2D eigenvalue weighted by Gasteiger charge is -2.20. The Labute approximate surface area is 173 Å². The molecule has 2 N–H and O–H groups in total. The molecular weight excluding hydrogens is 372 g/mol. The van der Waals surface area contributed by atoms with E-state index in [1.165, 1.54) is 0 Å². The number of rotatable bonds is 8. The van der Waals surface area contributed by atoms with E-state index in [1.807, 2.05) is 25.1 Å². The van der Waals surface area contributed by atoms with Gasteiger partial charge >= 0.3 is 12.1 Å². The van der Waals surface area contributed by atoms with Gasteiger partial charge in [0.05, 0.1) is 0 Å². The molecule has 1 rings (SSSR count). The molecule has 7 heteroatoms. The van der Waals surface area contributed by atoms with E-state index in [0.29, 0.717) is 6.42 Å². The van der Waals surface area contributed by atoms with Gasteiger partial charge in [-0.3, -0.25) is 9.59 Å². The first-order valence-corrected chi connectivity index (χ1v) is 9.97. The second-order valence-electron chi connectivity index (χ2n) is 8.35. The molecule has 0 saturated carbocycles. The summed E-state index contributed by atoms with van der Waals surface area (Å²) in [4.78, 5) is 36.0. The number of esters is 1. The Hall–Kier alpha value is -2.57. The van der Waals surface area contributed by atoms with Crippen LogP contribution in [0.5, 0.6) is 0 Å². The second kappa shape index (κ2) is 10.8. The molecule has 2 amide bonds. The molecule has 0 radical (unpaired) electrons. The quantitative estimate of drug-likeness (QED) is 0.496. The lowest BCUT2D eigenvalue weighted by Crippen LogP contribution is -2.33. The molecule has 0 unspecified atom stereocenters. The zero-order chi connectivity index (χ0) is 22.2. The molecule has 7 nitrogen and oxygen atoms in total. The van der Waals surface area contributed by atoms with Gasteiger partial charge in [0.25, 0.3) is 5.91 Å². The minimum Gasteiger partial charge on any atom is -0.453 e. The average molecular weight is 407 g/mol. The molecule has 162 valence electrons. The largest absolute Gasteiger partial charge is 0.453 e. The summed E-state index contributed by atoms with van der Waals surface area (Å²) in [5.74, 6) is -0.616. The number of amides is 2. The Morgan fingerprint density at radius 2 is 1.76 bits per heavy atom. The monoisotopic (exact) mass is 406 g/mol. The van der Waals surface area contributed by atoms with Crippen molar-refractivity contribution < 1.29 is 23.9 Å². The third kappa shape index (κ3) is 8.98. The van der Waals surface area contributed by atoms with Gasteiger partial charge in [0.1, 0.15) is 5.60 Å². The summed E-state index contributed by atoms with van der Waals surface area (Å²) < 4.78 is 10.3. The number of hydrogen-bond donors (Lipinski definition) is 2. The van der Waals surface area contributed by atoms with Crippen LogP contribution in [0, 0.1) is 6.92 Å². The number of benzene rings is 1. The summed E-state index contributed by atoms with van der Waals surface area (Å²) in [5, 5.41) is 5.46. The van der Waals surface area contributed by atoms with Crippen LogP contribution in [0.25, 0.3) is 0 Å². The van der Waals surface area contributed by atoms with Gasteiger partial charge in [-0.2, -0.15) is 0 Å². The van der Waals surface area contributed by atoms with E-state index in [1.54, 1.807) is 27.7 Å². The van der Waals surface area contributed by atoms with E-state index in [9.17, 15) is 14.4 Å². The summed E-state index contributed by atoms with van der Waals surface area (Å²) in [6.07, 6.45) is -0.963. The van der Waals surface area contributed by atoms with Crippen LogP contribution in [-0.2, 0) is 19.1 Å². The van der Waals surface area contributed by atoms with Crippen LogP contribution < -0.4 is 10.6 Å². The molecule has 0 fully saturated rings. The van der Waals surface area contributed by atoms with Crippen molar-refractivity contribution in [1.82, 2.24) is 5.32 Å². The first-order chi connectivity index (χ1) is 13.4. The first-order valence-electron chi connectivity index (χ1n) is 9.97. The van der Waals surface area contributed by atoms with Crippen LogP contribution in [0.15, 0.2) is 18.2 Å². The number of carbonyl (C=O) groups is 3. The van der Waals surface area contributed by atoms with Gasteiger partial charge in [-0.25, -0.2) is 4.79 Å². The van der Waals surface area contributed by atoms with Crippen molar-refractivity contribution in [2.45, 2.75) is 78.9 Å². The van der Waals surface area contributed by atoms with E-state index in [-0.39, 0.29) is 24.8 Å². The van der Waals surface area contributed by atoms with Crippen molar-refractivity contribution >= 4 is 23.7 Å². The smallest absolute Gasteiger partial charge is 0.407 e. The number of ether oxygens (including phenoxy) is 2. The first kappa shape index (κ1) is 24.5. The normalized spacial score (nSPS) is 12.3. The van der Waals surface area contributed by atoms with Crippen molar-refractivity contribution in [3.8, 4) is 0 Å². The highest BCUT2D eigenvalue weighted by Gasteiger charge is 2.20. The van der Waals surface area contributed by atoms with Crippen molar-refractivity contribution in [2.75, 3.05) is 11.9 Å². The van der Waals surface area contributed by atoms with Crippen molar-refractivity contribution in [3.05, 3.63) is 29.3 Å². The lowest BCUT2D eigenvalue weighted by atomic mass is 9.98. The second-order valence-corrected chi connectivity index (χ2v) is 8.35. The van der Waals surface area contributed by atoms with E-state index >= 15 is 0 Å². The number of alkyl carbamates (subject to hydrolysis) is 1. The molecule has 0 saturated heterocycles. The fourth-order valence-electron chi connectivity index (χ4n) is 2.61. The fourth-order valence-corrected chi connectivity index (χ4v) is 2.61. The maximum absolute atomic E-state index is 12.5. The number of nitrogens with one attached hydrogen (secondary N) is 2. The lowest BCUT2D eigenvalue weighted by molar-refractivity contribution is -0.153. The Kier molecular flexibility index (Phi) is 9.14. The summed E-state index contributed by atoms with van der Waals surface area (Å²) in [6, 6.07) is 5.85.